The lowest BCUT2D eigenvalue weighted by Crippen LogP contribution is -2.35. The highest BCUT2D eigenvalue weighted by Gasteiger charge is 2.15. The van der Waals surface area contributed by atoms with E-state index < -0.39 is 0 Å². The molecule has 1 saturated heterocycles. The van der Waals surface area contributed by atoms with Crippen molar-refractivity contribution in [1.29, 1.82) is 0 Å². The number of nitrogens with one attached hydrogen (secondary N) is 1. The van der Waals surface area contributed by atoms with Gasteiger partial charge in [-0.1, -0.05) is 13.3 Å². The van der Waals surface area contributed by atoms with Crippen molar-refractivity contribution in [2.75, 3.05) is 26.7 Å². The summed E-state index contributed by atoms with van der Waals surface area (Å²) in [6.07, 6.45) is 6.91. The summed E-state index contributed by atoms with van der Waals surface area (Å²) in [6.45, 7) is 8.65. The predicted octanol–water partition coefficient (Wildman–Crippen LogP) is 2.50. The second-order valence-corrected chi connectivity index (χ2v) is 5.23. The van der Waals surface area contributed by atoms with Gasteiger partial charge in [0.2, 0.25) is 0 Å². The van der Waals surface area contributed by atoms with Gasteiger partial charge in [-0.25, -0.2) is 0 Å². The molecule has 1 rings (SSSR count). The first-order valence-corrected chi connectivity index (χ1v) is 6.62. The normalized spacial score (nSPS) is 25.4. The van der Waals surface area contributed by atoms with Gasteiger partial charge in [0.05, 0.1) is 0 Å². The van der Waals surface area contributed by atoms with Gasteiger partial charge in [-0.05, 0) is 58.7 Å². The Hall–Kier alpha value is -0.0800. The molecular weight excluding hydrogens is 184 g/mol. The second kappa shape index (κ2) is 7.24. The Morgan fingerprint density at radius 3 is 2.87 bits per heavy atom. The molecule has 90 valence electrons. The van der Waals surface area contributed by atoms with Crippen molar-refractivity contribution in [3.05, 3.63) is 0 Å². The monoisotopic (exact) mass is 212 g/mol. The van der Waals surface area contributed by atoms with Crippen LogP contribution < -0.4 is 5.32 Å². The summed E-state index contributed by atoms with van der Waals surface area (Å²) in [5.74, 6) is 0.926. The van der Waals surface area contributed by atoms with Crippen LogP contribution in [0.1, 0.15) is 46.0 Å². The van der Waals surface area contributed by atoms with Gasteiger partial charge >= 0.3 is 0 Å². The van der Waals surface area contributed by atoms with Gasteiger partial charge in [0, 0.05) is 12.6 Å². The minimum atomic E-state index is 0.685. The maximum Gasteiger partial charge on any atom is 0.00357 e. The van der Waals surface area contributed by atoms with E-state index in [1.165, 1.54) is 51.7 Å². The zero-order valence-electron chi connectivity index (χ0n) is 10.8. The van der Waals surface area contributed by atoms with Crippen molar-refractivity contribution in [3.8, 4) is 0 Å². The van der Waals surface area contributed by atoms with E-state index in [2.05, 4.69) is 31.1 Å². The van der Waals surface area contributed by atoms with Gasteiger partial charge in [0.1, 0.15) is 0 Å². The number of likely N-dealkylation sites (tertiary alicyclic amines) is 1. The molecule has 0 saturated carbocycles. The van der Waals surface area contributed by atoms with Crippen LogP contribution in [0.4, 0.5) is 0 Å². The molecular formula is C13H28N2. The first-order valence-electron chi connectivity index (χ1n) is 6.62. The smallest absolute Gasteiger partial charge is 0.00357 e. The van der Waals surface area contributed by atoms with Gasteiger partial charge in [-0.2, -0.15) is 0 Å². The third-order valence-electron chi connectivity index (χ3n) is 3.60. The number of nitrogens with zero attached hydrogens (tertiary/aromatic N) is 1. The average molecular weight is 212 g/mol. The molecule has 15 heavy (non-hydrogen) atoms. The molecule has 1 aliphatic heterocycles. The van der Waals surface area contributed by atoms with Crippen molar-refractivity contribution < 1.29 is 0 Å². The fourth-order valence-corrected chi connectivity index (χ4v) is 2.42. The molecule has 0 bridgehead atoms. The molecule has 1 heterocycles. The molecule has 0 aromatic carbocycles. The molecule has 0 aliphatic carbocycles. The van der Waals surface area contributed by atoms with Gasteiger partial charge in [0.25, 0.3) is 0 Å². The summed E-state index contributed by atoms with van der Waals surface area (Å²) in [5.41, 5.74) is 0. The van der Waals surface area contributed by atoms with Gasteiger partial charge in [-0.3, -0.25) is 0 Å². The number of unbranched alkanes of at least 4 members (excludes halogenated alkanes) is 1. The van der Waals surface area contributed by atoms with E-state index >= 15 is 0 Å². The van der Waals surface area contributed by atoms with Crippen LogP contribution in [-0.4, -0.2) is 37.6 Å². The molecule has 2 heteroatoms. The van der Waals surface area contributed by atoms with E-state index in [-0.39, 0.29) is 0 Å². The molecule has 0 aromatic rings. The lowest BCUT2D eigenvalue weighted by Gasteiger charge is -2.30. The van der Waals surface area contributed by atoms with E-state index in [1.807, 2.05) is 0 Å². The van der Waals surface area contributed by atoms with Crippen molar-refractivity contribution >= 4 is 0 Å². The molecule has 0 amide bonds. The molecule has 0 spiro atoms. The molecule has 2 unspecified atom stereocenters. The zero-order chi connectivity index (χ0) is 11.1. The topological polar surface area (TPSA) is 15.3 Å². The van der Waals surface area contributed by atoms with E-state index in [0.717, 1.165) is 5.92 Å². The Morgan fingerprint density at radius 2 is 2.20 bits per heavy atom. The van der Waals surface area contributed by atoms with Crippen LogP contribution in [0.3, 0.4) is 0 Å². The van der Waals surface area contributed by atoms with Crippen molar-refractivity contribution in [1.82, 2.24) is 10.2 Å². The van der Waals surface area contributed by atoms with Crippen LogP contribution in [-0.2, 0) is 0 Å². The summed E-state index contributed by atoms with van der Waals surface area (Å²) < 4.78 is 0. The fourth-order valence-electron chi connectivity index (χ4n) is 2.42. The third kappa shape index (κ3) is 5.53. The van der Waals surface area contributed by atoms with Crippen LogP contribution in [0.15, 0.2) is 0 Å². The van der Waals surface area contributed by atoms with Gasteiger partial charge < -0.3 is 10.2 Å². The van der Waals surface area contributed by atoms with Crippen LogP contribution in [0, 0.1) is 5.92 Å². The average Bonchev–Trinajstić information content (AvgIpc) is 2.24. The Morgan fingerprint density at radius 1 is 1.40 bits per heavy atom. The van der Waals surface area contributed by atoms with E-state index in [9.17, 15) is 0 Å². The van der Waals surface area contributed by atoms with Crippen molar-refractivity contribution in [3.63, 3.8) is 0 Å². The molecule has 0 radical (unpaired) electrons. The SMILES string of the molecule is CNC(C)CCCCN1CCCC(C)C1. The Kier molecular flexibility index (Phi) is 6.26. The van der Waals surface area contributed by atoms with Crippen LogP contribution in [0.25, 0.3) is 0 Å². The van der Waals surface area contributed by atoms with E-state index in [0.29, 0.717) is 6.04 Å². The van der Waals surface area contributed by atoms with E-state index in [4.69, 9.17) is 0 Å². The van der Waals surface area contributed by atoms with Gasteiger partial charge in [0.15, 0.2) is 0 Å². The first-order chi connectivity index (χ1) is 7.22. The lowest BCUT2D eigenvalue weighted by molar-refractivity contribution is 0.180. The molecule has 2 atom stereocenters. The minimum absolute atomic E-state index is 0.685. The fraction of sp³-hybridized carbons (Fsp3) is 1.00. The summed E-state index contributed by atoms with van der Waals surface area (Å²) in [6, 6.07) is 0.685. The predicted molar refractivity (Wildman–Crippen MR) is 67.2 cm³/mol. The maximum atomic E-state index is 3.30. The number of piperidine rings is 1. The summed E-state index contributed by atoms with van der Waals surface area (Å²) in [4.78, 5) is 2.65. The van der Waals surface area contributed by atoms with Crippen LogP contribution in [0.2, 0.25) is 0 Å². The Bertz CT molecular complexity index is 159. The highest BCUT2D eigenvalue weighted by atomic mass is 15.1. The highest BCUT2D eigenvalue weighted by Crippen LogP contribution is 2.15. The van der Waals surface area contributed by atoms with Crippen LogP contribution in [0.5, 0.6) is 0 Å². The van der Waals surface area contributed by atoms with Crippen molar-refractivity contribution in [2.45, 2.75) is 52.0 Å². The maximum absolute atomic E-state index is 3.30. The van der Waals surface area contributed by atoms with E-state index in [1.54, 1.807) is 0 Å². The largest absolute Gasteiger partial charge is 0.317 e. The quantitative estimate of drug-likeness (QED) is 0.681. The Balaban J connectivity index is 1.99. The first kappa shape index (κ1) is 13.0. The molecule has 1 fully saturated rings. The third-order valence-corrected chi connectivity index (χ3v) is 3.60. The Labute approximate surface area is 95.4 Å². The van der Waals surface area contributed by atoms with Gasteiger partial charge in [-0.15, -0.1) is 0 Å². The summed E-state index contributed by atoms with van der Waals surface area (Å²) >= 11 is 0. The number of hydrogen-bond acceptors (Lipinski definition) is 2. The molecule has 2 nitrogen and oxygen atoms in total. The second-order valence-electron chi connectivity index (χ2n) is 5.23. The molecule has 1 N–H and O–H groups in total. The zero-order valence-corrected chi connectivity index (χ0v) is 10.8. The minimum Gasteiger partial charge on any atom is -0.317 e. The summed E-state index contributed by atoms with van der Waals surface area (Å²) in [7, 11) is 2.05. The summed E-state index contributed by atoms with van der Waals surface area (Å²) in [5, 5.41) is 3.30. The molecule has 1 aliphatic rings. The number of rotatable bonds is 6. The number of hydrogen-bond donors (Lipinski definition) is 1. The molecule has 0 aromatic heterocycles. The van der Waals surface area contributed by atoms with Crippen molar-refractivity contribution in [2.24, 2.45) is 5.92 Å². The lowest BCUT2D eigenvalue weighted by atomic mass is 10.00. The van der Waals surface area contributed by atoms with Crippen LogP contribution >= 0.6 is 0 Å². The highest BCUT2D eigenvalue weighted by molar-refractivity contribution is 4.70. The standard InChI is InChI=1S/C13H28N2/c1-12-7-6-10-15(11-12)9-5-4-8-13(2)14-3/h12-14H,4-11H2,1-3H3.